The van der Waals surface area contributed by atoms with E-state index >= 15 is 0 Å². The molecule has 0 unspecified atom stereocenters. The van der Waals surface area contributed by atoms with Crippen LogP contribution in [0.2, 0.25) is 0 Å². The average molecular weight is 221 g/mol. The highest BCUT2D eigenvalue weighted by Gasteiger charge is 2.16. The van der Waals surface area contributed by atoms with E-state index in [0.717, 1.165) is 0 Å². The molecule has 2 nitrogen and oxygen atoms in total. The molecule has 0 saturated carbocycles. The molecule has 0 radical (unpaired) electrons. The van der Waals surface area contributed by atoms with Crippen LogP contribution in [-0.4, -0.2) is 6.61 Å². The van der Waals surface area contributed by atoms with Crippen molar-refractivity contribution in [3.63, 3.8) is 0 Å². The van der Waals surface area contributed by atoms with Crippen molar-refractivity contribution in [3.8, 4) is 11.8 Å². The second kappa shape index (κ2) is 4.98. The summed E-state index contributed by atoms with van der Waals surface area (Å²) in [5.41, 5.74) is 0.136. The van der Waals surface area contributed by atoms with Crippen LogP contribution in [0.25, 0.3) is 0 Å². The number of nitrogens with zero attached hydrogens (tertiary/aromatic N) is 1. The Labute approximate surface area is 95.7 Å². The van der Waals surface area contributed by atoms with Gasteiger partial charge in [0.1, 0.15) is 0 Å². The normalized spacial score (nSPS) is 10.9. The maximum absolute atomic E-state index is 13.5. The molecule has 0 aliphatic heterocycles. The summed E-state index contributed by atoms with van der Waals surface area (Å²) >= 11 is 0. The number of ether oxygens (including phenoxy) is 1. The van der Waals surface area contributed by atoms with Crippen molar-refractivity contribution < 1.29 is 9.13 Å². The van der Waals surface area contributed by atoms with E-state index < -0.39 is 5.41 Å². The maximum atomic E-state index is 13.5. The topological polar surface area (TPSA) is 33.0 Å². The predicted molar refractivity (Wildman–Crippen MR) is 60.6 cm³/mol. The summed E-state index contributed by atoms with van der Waals surface area (Å²) in [7, 11) is 0. The lowest BCUT2D eigenvalue weighted by Gasteiger charge is -2.15. The number of nitriles is 1. The Morgan fingerprint density at radius 3 is 2.75 bits per heavy atom. The summed E-state index contributed by atoms with van der Waals surface area (Å²) in [5, 5.41) is 8.81. The molecule has 0 aromatic heterocycles. The molecule has 0 atom stereocenters. The summed E-state index contributed by atoms with van der Waals surface area (Å²) in [5.74, 6) is -0.0639. The van der Waals surface area contributed by atoms with Crippen LogP contribution < -0.4 is 4.74 Å². The van der Waals surface area contributed by atoms with Crippen LogP contribution in [0.4, 0.5) is 4.39 Å². The van der Waals surface area contributed by atoms with E-state index in [4.69, 9.17) is 10.00 Å². The third kappa shape index (κ3) is 3.23. The van der Waals surface area contributed by atoms with Crippen molar-refractivity contribution in [2.45, 2.75) is 27.2 Å². The highest BCUT2D eigenvalue weighted by atomic mass is 19.1. The molecule has 0 aliphatic carbocycles. The highest BCUT2D eigenvalue weighted by Crippen LogP contribution is 2.22. The minimum Gasteiger partial charge on any atom is -0.490 e. The van der Waals surface area contributed by atoms with Gasteiger partial charge in [0.05, 0.1) is 18.1 Å². The van der Waals surface area contributed by atoms with Crippen LogP contribution >= 0.6 is 0 Å². The highest BCUT2D eigenvalue weighted by molar-refractivity contribution is 5.30. The zero-order chi connectivity index (χ0) is 12.2. The van der Waals surface area contributed by atoms with Gasteiger partial charge in [-0.1, -0.05) is 12.1 Å². The first-order valence-corrected chi connectivity index (χ1v) is 5.25. The van der Waals surface area contributed by atoms with Crippen molar-refractivity contribution in [2.24, 2.45) is 5.41 Å². The molecule has 0 aliphatic rings. The van der Waals surface area contributed by atoms with Crippen LogP contribution in [0.5, 0.6) is 5.75 Å². The van der Waals surface area contributed by atoms with Gasteiger partial charge in [-0.15, -0.1) is 0 Å². The maximum Gasteiger partial charge on any atom is 0.167 e. The molecule has 0 bridgehead atoms. The summed E-state index contributed by atoms with van der Waals surface area (Å²) < 4.78 is 18.8. The fraction of sp³-hybridized carbons (Fsp3) is 0.462. The molecule has 86 valence electrons. The van der Waals surface area contributed by atoms with Crippen LogP contribution in [0.1, 0.15) is 25.8 Å². The van der Waals surface area contributed by atoms with Crippen molar-refractivity contribution in [1.82, 2.24) is 0 Å². The van der Waals surface area contributed by atoms with Crippen molar-refractivity contribution in [2.75, 3.05) is 6.61 Å². The number of hydrogen-bond donors (Lipinski definition) is 0. The Kier molecular flexibility index (Phi) is 3.89. The van der Waals surface area contributed by atoms with Gasteiger partial charge in [0, 0.05) is 0 Å². The van der Waals surface area contributed by atoms with E-state index in [1.54, 1.807) is 25.1 Å². The summed E-state index contributed by atoms with van der Waals surface area (Å²) in [4.78, 5) is 0. The van der Waals surface area contributed by atoms with Gasteiger partial charge in [-0.2, -0.15) is 5.26 Å². The van der Waals surface area contributed by atoms with Gasteiger partial charge in [-0.05, 0) is 38.8 Å². The molecule has 0 saturated heterocycles. The summed E-state index contributed by atoms with van der Waals surface area (Å²) in [6.45, 7) is 5.72. The average Bonchev–Trinajstić information content (AvgIpc) is 2.24. The Hall–Kier alpha value is -1.56. The first-order chi connectivity index (χ1) is 7.46. The molecule has 0 N–H and O–H groups in total. The quantitative estimate of drug-likeness (QED) is 0.780. The van der Waals surface area contributed by atoms with Gasteiger partial charge in [0.25, 0.3) is 0 Å². The van der Waals surface area contributed by atoms with Gasteiger partial charge >= 0.3 is 0 Å². The molecular weight excluding hydrogens is 205 g/mol. The monoisotopic (exact) mass is 221 g/mol. The van der Waals surface area contributed by atoms with Gasteiger partial charge in [0.2, 0.25) is 0 Å². The van der Waals surface area contributed by atoms with E-state index in [-0.39, 0.29) is 11.6 Å². The van der Waals surface area contributed by atoms with Gasteiger partial charge in [-0.3, -0.25) is 0 Å². The molecule has 16 heavy (non-hydrogen) atoms. The van der Waals surface area contributed by atoms with Crippen molar-refractivity contribution >= 4 is 0 Å². The minimum absolute atomic E-state index is 0.258. The lowest BCUT2D eigenvalue weighted by atomic mass is 9.92. The largest absolute Gasteiger partial charge is 0.490 e. The zero-order valence-electron chi connectivity index (χ0n) is 9.88. The first kappa shape index (κ1) is 12.5. The lowest BCUT2D eigenvalue weighted by molar-refractivity contribution is 0.254. The Bertz CT molecular complexity index is 407. The first-order valence-electron chi connectivity index (χ1n) is 5.25. The fourth-order valence-electron chi connectivity index (χ4n) is 1.20. The molecule has 0 spiro atoms. The van der Waals surface area contributed by atoms with E-state index in [0.29, 0.717) is 18.6 Å². The van der Waals surface area contributed by atoms with Crippen LogP contribution in [-0.2, 0) is 0 Å². The Balaban J connectivity index is 2.57. The molecule has 3 heteroatoms. The number of rotatable bonds is 4. The van der Waals surface area contributed by atoms with Crippen LogP contribution in [0.15, 0.2) is 18.2 Å². The number of aryl methyl sites for hydroxylation is 1. The van der Waals surface area contributed by atoms with Gasteiger partial charge in [-0.25, -0.2) is 4.39 Å². The smallest absolute Gasteiger partial charge is 0.167 e. The number of halogens is 1. The van der Waals surface area contributed by atoms with Crippen molar-refractivity contribution in [3.05, 3.63) is 29.6 Å². The van der Waals surface area contributed by atoms with Crippen LogP contribution in [0, 0.1) is 29.5 Å². The standard InChI is InChI=1S/C13H16FNO/c1-10-5-4-6-11(12(10)14)16-8-7-13(2,3)9-15/h4-6H,7-8H2,1-3H3. The predicted octanol–water partition coefficient (Wildman–Crippen LogP) is 3.45. The summed E-state index contributed by atoms with van der Waals surface area (Å²) in [6.07, 6.45) is 0.580. The molecule has 1 aromatic rings. The number of hydrogen-bond acceptors (Lipinski definition) is 2. The van der Waals surface area contributed by atoms with E-state index in [1.807, 2.05) is 13.8 Å². The third-order valence-electron chi connectivity index (χ3n) is 2.44. The van der Waals surface area contributed by atoms with Crippen molar-refractivity contribution in [1.29, 1.82) is 5.26 Å². The minimum atomic E-state index is -0.430. The fourth-order valence-corrected chi connectivity index (χ4v) is 1.20. The molecule has 1 aromatic carbocycles. The second-order valence-electron chi connectivity index (χ2n) is 4.48. The second-order valence-corrected chi connectivity index (χ2v) is 4.48. The third-order valence-corrected chi connectivity index (χ3v) is 2.44. The Morgan fingerprint density at radius 2 is 2.12 bits per heavy atom. The van der Waals surface area contributed by atoms with E-state index in [2.05, 4.69) is 6.07 Å². The molecule has 0 fully saturated rings. The number of benzene rings is 1. The molecule has 1 rings (SSSR count). The van der Waals surface area contributed by atoms with E-state index in [1.165, 1.54) is 0 Å². The SMILES string of the molecule is Cc1cccc(OCCC(C)(C)C#N)c1F. The molecular formula is C13H16FNO. The Morgan fingerprint density at radius 1 is 1.44 bits per heavy atom. The lowest BCUT2D eigenvalue weighted by Crippen LogP contribution is -2.13. The zero-order valence-corrected chi connectivity index (χ0v) is 9.88. The molecule has 0 amide bonds. The van der Waals surface area contributed by atoms with Crippen LogP contribution in [0.3, 0.4) is 0 Å². The van der Waals surface area contributed by atoms with Gasteiger partial charge < -0.3 is 4.74 Å². The van der Waals surface area contributed by atoms with E-state index in [9.17, 15) is 4.39 Å². The molecule has 0 heterocycles. The van der Waals surface area contributed by atoms with Gasteiger partial charge in [0.15, 0.2) is 11.6 Å². The summed E-state index contributed by atoms with van der Waals surface area (Å²) in [6, 6.07) is 7.23.